The van der Waals surface area contributed by atoms with Gasteiger partial charge in [-0.3, -0.25) is 15.1 Å². The van der Waals surface area contributed by atoms with Gasteiger partial charge in [0.1, 0.15) is 0 Å². The lowest BCUT2D eigenvalue weighted by Crippen LogP contribution is -2.12. The molecule has 0 saturated heterocycles. The van der Waals surface area contributed by atoms with Crippen LogP contribution in [0.3, 0.4) is 0 Å². The van der Waals surface area contributed by atoms with Crippen LogP contribution in [0.2, 0.25) is 0 Å². The molecule has 1 atom stereocenters. The van der Waals surface area contributed by atoms with E-state index in [9.17, 15) is 10.1 Å². The molecule has 0 radical (unpaired) electrons. The Bertz CT molecular complexity index is 395. The zero-order valence-corrected chi connectivity index (χ0v) is 9.17. The molecule has 0 bridgehead atoms. The van der Waals surface area contributed by atoms with Crippen molar-refractivity contribution in [3.63, 3.8) is 0 Å². The number of nitro groups is 1. The average molecular weight is 243 g/mol. The van der Waals surface area contributed by atoms with Crippen molar-refractivity contribution in [3.05, 3.63) is 39.9 Å². The minimum absolute atomic E-state index is 0.00777. The second-order valence-electron chi connectivity index (χ2n) is 3.12. The van der Waals surface area contributed by atoms with Gasteiger partial charge in [0, 0.05) is 12.3 Å². The summed E-state index contributed by atoms with van der Waals surface area (Å²) in [5, 5.41) is 19.8. The van der Waals surface area contributed by atoms with E-state index in [-0.39, 0.29) is 18.1 Å². The van der Waals surface area contributed by atoms with E-state index in [4.69, 9.17) is 16.7 Å². The Morgan fingerprint density at radius 3 is 2.88 bits per heavy atom. The van der Waals surface area contributed by atoms with Crippen LogP contribution in [0.5, 0.6) is 0 Å². The Balaban J connectivity index is 2.76. The molecule has 0 unspecified atom stereocenters. The lowest BCUT2D eigenvalue weighted by molar-refractivity contribution is -0.385. The van der Waals surface area contributed by atoms with Crippen molar-refractivity contribution in [2.75, 3.05) is 12.4 Å². The Morgan fingerprint density at radius 1 is 1.56 bits per heavy atom. The summed E-state index contributed by atoms with van der Waals surface area (Å²) in [5.74, 6) is 0.0915. The fraction of sp³-hybridized carbons (Fsp3) is 0.300. The molecule has 1 N–H and O–H groups in total. The molecule has 0 spiro atoms. The maximum absolute atomic E-state index is 10.6. The van der Waals surface area contributed by atoms with E-state index in [0.717, 1.165) is 0 Å². The van der Waals surface area contributed by atoms with Crippen LogP contribution in [0.4, 0.5) is 5.69 Å². The number of hydrogen-bond acceptors (Lipinski definition) is 4. The first-order valence-electron chi connectivity index (χ1n) is 4.62. The first-order chi connectivity index (χ1) is 7.65. The summed E-state index contributed by atoms with van der Waals surface area (Å²) in [4.78, 5) is 14.1. The second-order valence-corrected chi connectivity index (χ2v) is 3.43. The number of aliphatic imine (C=N–C) groups is 1. The van der Waals surface area contributed by atoms with Gasteiger partial charge in [0.2, 0.25) is 0 Å². The van der Waals surface area contributed by atoms with Gasteiger partial charge in [-0.1, -0.05) is 12.1 Å². The molecule has 0 aliphatic rings. The fourth-order valence-electron chi connectivity index (χ4n) is 1.08. The molecule has 0 aliphatic heterocycles. The van der Waals surface area contributed by atoms with Crippen molar-refractivity contribution in [1.82, 2.24) is 0 Å². The third-order valence-corrected chi connectivity index (χ3v) is 2.21. The molecule has 0 heterocycles. The van der Waals surface area contributed by atoms with Gasteiger partial charge in [-0.05, 0) is 6.07 Å². The van der Waals surface area contributed by atoms with Gasteiger partial charge in [0.05, 0.1) is 29.0 Å². The van der Waals surface area contributed by atoms with Crippen LogP contribution in [-0.2, 0) is 0 Å². The van der Waals surface area contributed by atoms with E-state index in [1.54, 1.807) is 18.2 Å². The van der Waals surface area contributed by atoms with E-state index < -0.39 is 11.0 Å². The highest BCUT2D eigenvalue weighted by Crippen LogP contribution is 2.15. The zero-order valence-electron chi connectivity index (χ0n) is 8.41. The van der Waals surface area contributed by atoms with Crippen LogP contribution in [0.15, 0.2) is 29.3 Å². The maximum atomic E-state index is 10.6. The highest BCUT2D eigenvalue weighted by molar-refractivity contribution is 6.18. The molecule has 1 aromatic rings. The molecule has 1 aromatic carbocycles. The van der Waals surface area contributed by atoms with Gasteiger partial charge in [-0.2, -0.15) is 0 Å². The van der Waals surface area contributed by atoms with Crippen molar-refractivity contribution in [2.45, 2.75) is 6.10 Å². The van der Waals surface area contributed by atoms with Gasteiger partial charge in [-0.25, -0.2) is 0 Å². The van der Waals surface area contributed by atoms with Crippen molar-refractivity contribution in [1.29, 1.82) is 0 Å². The molecule has 0 saturated carbocycles. The largest absolute Gasteiger partial charge is 0.390 e. The predicted molar refractivity (Wildman–Crippen MR) is 62.3 cm³/mol. The van der Waals surface area contributed by atoms with E-state index in [1.807, 2.05) is 0 Å². The quantitative estimate of drug-likeness (QED) is 0.369. The third-order valence-electron chi connectivity index (χ3n) is 1.86. The van der Waals surface area contributed by atoms with Crippen molar-refractivity contribution in [3.8, 4) is 0 Å². The summed E-state index contributed by atoms with van der Waals surface area (Å²) in [6.45, 7) is 0.134. The van der Waals surface area contributed by atoms with Crippen LogP contribution in [-0.4, -0.2) is 34.8 Å². The first-order valence-corrected chi connectivity index (χ1v) is 5.16. The lowest BCUT2D eigenvalue weighted by atomic mass is 10.2. The van der Waals surface area contributed by atoms with Crippen LogP contribution in [0, 0.1) is 10.1 Å². The fourth-order valence-corrected chi connectivity index (χ4v) is 1.18. The molecule has 0 aromatic heterocycles. The van der Waals surface area contributed by atoms with Gasteiger partial charge in [-0.15, -0.1) is 11.6 Å². The molecule has 0 fully saturated rings. The minimum Gasteiger partial charge on any atom is -0.390 e. The number of nitrogens with zero attached hydrogens (tertiary/aromatic N) is 2. The Hall–Kier alpha value is -1.46. The molecule has 5 nitrogen and oxygen atoms in total. The number of halogens is 1. The topological polar surface area (TPSA) is 75.7 Å². The standard InChI is InChI=1S/C10H11ClN2O3/c11-5-9(14)7-12-6-8-3-1-2-4-10(8)13(15)16/h1-4,6,9,14H,5,7H2/t9-/m1/s1. The Labute approximate surface area is 97.5 Å². The SMILES string of the molecule is O=[N+]([O-])c1ccccc1C=NC[C@H](O)CCl. The van der Waals surface area contributed by atoms with Crippen molar-refractivity contribution in [2.24, 2.45) is 4.99 Å². The van der Waals surface area contributed by atoms with Gasteiger partial charge in [0.25, 0.3) is 5.69 Å². The van der Waals surface area contributed by atoms with E-state index in [1.165, 1.54) is 12.3 Å². The molecule has 6 heteroatoms. The molecular formula is C10H11ClN2O3. The number of aliphatic hydroxyl groups excluding tert-OH is 1. The molecule has 1 rings (SSSR count). The summed E-state index contributed by atoms with van der Waals surface area (Å²) < 4.78 is 0. The average Bonchev–Trinajstić information content (AvgIpc) is 2.29. The maximum Gasteiger partial charge on any atom is 0.278 e. The molecule has 0 amide bonds. The van der Waals surface area contributed by atoms with E-state index >= 15 is 0 Å². The van der Waals surface area contributed by atoms with E-state index in [2.05, 4.69) is 4.99 Å². The van der Waals surface area contributed by atoms with Crippen LogP contribution in [0.25, 0.3) is 0 Å². The molecule has 86 valence electrons. The first kappa shape index (κ1) is 12.6. The third kappa shape index (κ3) is 3.60. The van der Waals surface area contributed by atoms with Gasteiger partial charge >= 0.3 is 0 Å². The number of alkyl halides is 1. The Morgan fingerprint density at radius 2 is 2.25 bits per heavy atom. The lowest BCUT2D eigenvalue weighted by Gasteiger charge is -2.00. The van der Waals surface area contributed by atoms with Gasteiger partial charge < -0.3 is 5.11 Å². The van der Waals surface area contributed by atoms with Crippen LogP contribution in [0.1, 0.15) is 5.56 Å². The highest BCUT2D eigenvalue weighted by atomic mass is 35.5. The summed E-state index contributed by atoms with van der Waals surface area (Å²) in [6.07, 6.45) is 0.647. The molecular weight excluding hydrogens is 232 g/mol. The van der Waals surface area contributed by atoms with E-state index in [0.29, 0.717) is 5.56 Å². The Kier molecular flexibility index (Phi) is 4.88. The minimum atomic E-state index is -0.722. The van der Waals surface area contributed by atoms with Crippen LogP contribution < -0.4 is 0 Å². The number of hydrogen-bond donors (Lipinski definition) is 1. The smallest absolute Gasteiger partial charge is 0.278 e. The molecule has 16 heavy (non-hydrogen) atoms. The highest BCUT2D eigenvalue weighted by Gasteiger charge is 2.09. The number of para-hydroxylation sites is 1. The van der Waals surface area contributed by atoms with Crippen molar-refractivity contribution >= 4 is 23.5 Å². The monoisotopic (exact) mass is 242 g/mol. The summed E-state index contributed by atoms with van der Waals surface area (Å²) in [5.41, 5.74) is 0.404. The number of rotatable bonds is 5. The summed E-state index contributed by atoms with van der Waals surface area (Å²) >= 11 is 5.38. The van der Waals surface area contributed by atoms with Gasteiger partial charge in [0.15, 0.2) is 0 Å². The molecule has 0 aliphatic carbocycles. The predicted octanol–water partition coefficient (Wildman–Crippen LogP) is 1.61. The zero-order chi connectivity index (χ0) is 12.0. The van der Waals surface area contributed by atoms with Crippen molar-refractivity contribution < 1.29 is 10.0 Å². The number of aliphatic hydroxyl groups is 1. The number of benzene rings is 1. The second kappa shape index (κ2) is 6.19. The summed E-state index contributed by atoms with van der Waals surface area (Å²) in [7, 11) is 0. The number of nitro benzene ring substituents is 1. The summed E-state index contributed by atoms with van der Waals surface area (Å²) in [6, 6.07) is 6.27. The van der Waals surface area contributed by atoms with Crippen LogP contribution >= 0.6 is 11.6 Å². The normalized spacial score (nSPS) is 12.9.